The van der Waals surface area contributed by atoms with Crippen molar-refractivity contribution in [3.8, 4) is 0 Å². The SMILES string of the molecule is CCCC/C=C/c1ccc(Cl)cc1. The molecule has 0 atom stereocenters. The average Bonchev–Trinajstić information content (AvgIpc) is 2.15. The summed E-state index contributed by atoms with van der Waals surface area (Å²) in [6.45, 7) is 2.20. The Labute approximate surface area is 85.2 Å². The Hall–Kier alpha value is -0.750. The number of halogens is 1. The fraction of sp³-hybridized carbons (Fsp3) is 0.333. The fourth-order valence-electron chi connectivity index (χ4n) is 1.12. The number of hydrogen-bond donors (Lipinski definition) is 0. The predicted molar refractivity (Wildman–Crippen MR) is 60.0 cm³/mol. The molecule has 0 bridgehead atoms. The number of rotatable bonds is 4. The molecule has 1 heteroatoms. The molecule has 0 saturated carbocycles. The van der Waals surface area contributed by atoms with Crippen LogP contribution in [0.2, 0.25) is 5.02 Å². The van der Waals surface area contributed by atoms with Crippen LogP contribution in [0.4, 0.5) is 0 Å². The molecule has 0 aliphatic rings. The molecule has 1 aromatic carbocycles. The zero-order valence-electron chi connectivity index (χ0n) is 7.96. The second kappa shape index (κ2) is 5.82. The van der Waals surface area contributed by atoms with Crippen LogP contribution in [0, 0.1) is 0 Å². The summed E-state index contributed by atoms with van der Waals surface area (Å²) in [5.74, 6) is 0. The largest absolute Gasteiger partial charge is 0.0843 e. The fourth-order valence-corrected chi connectivity index (χ4v) is 1.24. The smallest absolute Gasteiger partial charge is 0.0406 e. The molecular weight excluding hydrogens is 180 g/mol. The summed E-state index contributed by atoms with van der Waals surface area (Å²) in [6.07, 6.45) is 8.05. The van der Waals surface area contributed by atoms with E-state index >= 15 is 0 Å². The van der Waals surface area contributed by atoms with E-state index in [0.29, 0.717) is 0 Å². The summed E-state index contributed by atoms with van der Waals surface area (Å²) in [7, 11) is 0. The molecule has 0 N–H and O–H groups in total. The van der Waals surface area contributed by atoms with Gasteiger partial charge in [-0.2, -0.15) is 0 Å². The molecular formula is C12H15Cl. The lowest BCUT2D eigenvalue weighted by Crippen LogP contribution is -1.71. The summed E-state index contributed by atoms with van der Waals surface area (Å²) >= 11 is 5.77. The Balaban J connectivity index is 2.44. The quantitative estimate of drug-likeness (QED) is 0.618. The van der Waals surface area contributed by atoms with Gasteiger partial charge in [0.2, 0.25) is 0 Å². The Kier molecular flexibility index (Phi) is 4.63. The zero-order chi connectivity index (χ0) is 9.52. The third-order valence-electron chi connectivity index (χ3n) is 1.90. The molecule has 0 saturated heterocycles. The van der Waals surface area contributed by atoms with Gasteiger partial charge in [-0.15, -0.1) is 0 Å². The molecule has 0 aliphatic heterocycles. The highest BCUT2D eigenvalue weighted by Crippen LogP contribution is 2.11. The normalized spacial score (nSPS) is 10.9. The third-order valence-corrected chi connectivity index (χ3v) is 2.16. The second-order valence-corrected chi connectivity index (χ2v) is 3.53. The van der Waals surface area contributed by atoms with E-state index in [1.54, 1.807) is 0 Å². The third kappa shape index (κ3) is 4.14. The van der Waals surface area contributed by atoms with E-state index in [4.69, 9.17) is 11.6 Å². The van der Waals surface area contributed by atoms with Crippen molar-refractivity contribution in [2.75, 3.05) is 0 Å². The molecule has 1 rings (SSSR count). The van der Waals surface area contributed by atoms with Crippen molar-refractivity contribution < 1.29 is 0 Å². The first kappa shape index (κ1) is 10.3. The van der Waals surface area contributed by atoms with Gasteiger partial charge >= 0.3 is 0 Å². The standard InChI is InChI=1S/C12H15Cl/c1-2-3-4-5-6-11-7-9-12(13)10-8-11/h5-10H,2-4H2,1H3/b6-5+. The van der Waals surface area contributed by atoms with Crippen LogP contribution in [-0.2, 0) is 0 Å². The van der Waals surface area contributed by atoms with E-state index in [-0.39, 0.29) is 0 Å². The highest BCUT2D eigenvalue weighted by molar-refractivity contribution is 6.30. The van der Waals surface area contributed by atoms with Gasteiger partial charge in [-0.05, 0) is 24.1 Å². The van der Waals surface area contributed by atoms with Crippen molar-refractivity contribution in [3.05, 3.63) is 40.9 Å². The maximum absolute atomic E-state index is 5.77. The summed E-state index contributed by atoms with van der Waals surface area (Å²) in [5, 5.41) is 0.797. The Morgan fingerprint density at radius 1 is 1.23 bits per heavy atom. The molecule has 0 radical (unpaired) electrons. The predicted octanol–water partition coefficient (Wildman–Crippen LogP) is 4.54. The van der Waals surface area contributed by atoms with Crippen LogP contribution in [0.5, 0.6) is 0 Å². The van der Waals surface area contributed by atoms with Gasteiger partial charge in [-0.1, -0.05) is 55.7 Å². The van der Waals surface area contributed by atoms with Crippen LogP contribution >= 0.6 is 11.6 Å². The number of hydrogen-bond acceptors (Lipinski definition) is 0. The summed E-state index contributed by atoms with van der Waals surface area (Å²) in [5.41, 5.74) is 1.22. The van der Waals surface area contributed by atoms with Crippen LogP contribution in [0.25, 0.3) is 6.08 Å². The molecule has 0 unspecified atom stereocenters. The number of unbranched alkanes of at least 4 members (excludes halogenated alkanes) is 2. The minimum absolute atomic E-state index is 0.797. The lowest BCUT2D eigenvalue weighted by Gasteiger charge is -1.93. The van der Waals surface area contributed by atoms with E-state index < -0.39 is 0 Å². The van der Waals surface area contributed by atoms with Gasteiger partial charge in [-0.25, -0.2) is 0 Å². The topological polar surface area (TPSA) is 0 Å². The second-order valence-electron chi connectivity index (χ2n) is 3.10. The molecule has 70 valence electrons. The Morgan fingerprint density at radius 2 is 1.92 bits per heavy atom. The summed E-state index contributed by atoms with van der Waals surface area (Å²) in [6, 6.07) is 7.90. The van der Waals surface area contributed by atoms with Gasteiger partial charge in [0.1, 0.15) is 0 Å². The maximum atomic E-state index is 5.77. The molecule has 0 spiro atoms. The molecule has 13 heavy (non-hydrogen) atoms. The van der Waals surface area contributed by atoms with Crippen molar-refractivity contribution in [2.45, 2.75) is 26.2 Å². The van der Waals surface area contributed by atoms with Crippen LogP contribution in [0.15, 0.2) is 30.3 Å². The van der Waals surface area contributed by atoms with Gasteiger partial charge < -0.3 is 0 Å². The van der Waals surface area contributed by atoms with Crippen molar-refractivity contribution in [1.29, 1.82) is 0 Å². The molecule has 1 aromatic rings. The zero-order valence-corrected chi connectivity index (χ0v) is 8.72. The summed E-state index contributed by atoms with van der Waals surface area (Å²) < 4.78 is 0. The summed E-state index contributed by atoms with van der Waals surface area (Å²) in [4.78, 5) is 0. The molecule has 0 amide bonds. The lowest BCUT2D eigenvalue weighted by atomic mass is 10.2. The van der Waals surface area contributed by atoms with Crippen LogP contribution in [-0.4, -0.2) is 0 Å². The number of benzene rings is 1. The van der Waals surface area contributed by atoms with E-state index in [0.717, 1.165) is 5.02 Å². The van der Waals surface area contributed by atoms with Gasteiger partial charge in [-0.3, -0.25) is 0 Å². The Bertz CT molecular complexity index is 259. The van der Waals surface area contributed by atoms with E-state index in [1.807, 2.05) is 24.3 Å². The minimum atomic E-state index is 0.797. The molecule has 0 nitrogen and oxygen atoms in total. The molecule has 0 heterocycles. The van der Waals surface area contributed by atoms with Crippen LogP contribution in [0.1, 0.15) is 31.7 Å². The van der Waals surface area contributed by atoms with Crippen LogP contribution in [0.3, 0.4) is 0 Å². The highest BCUT2D eigenvalue weighted by Gasteiger charge is 1.86. The van der Waals surface area contributed by atoms with Gasteiger partial charge in [0.15, 0.2) is 0 Å². The van der Waals surface area contributed by atoms with Gasteiger partial charge in [0.25, 0.3) is 0 Å². The van der Waals surface area contributed by atoms with Crippen molar-refractivity contribution >= 4 is 17.7 Å². The average molecular weight is 195 g/mol. The highest BCUT2D eigenvalue weighted by atomic mass is 35.5. The first-order chi connectivity index (χ1) is 6.33. The maximum Gasteiger partial charge on any atom is 0.0406 e. The van der Waals surface area contributed by atoms with Gasteiger partial charge in [0.05, 0.1) is 0 Å². The first-order valence-electron chi connectivity index (χ1n) is 4.75. The monoisotopic (exact) mass is 194 g/mol. The molecule has 0 aromatic heterocycles. The van der Waals surface area contributed by atoms with Crippen molar-refractivity contribution in [3.63, 3.8) is 0 Å². The number of allylic oxidation sites excluding steroid dienone is 1. The van der Waals surface area contributed by atoms with Gasteiger partial charge in [0, 0.05) is 5.02 Å². The van der Waals surface area contributed by atoms with E-state index in [1.165, 1.54) is 24.8 Å². The van der Waals surface area contributed by atoms with Crippen LogP contribution < -0.4 is 0 Å². The Morgan fingerprint density at radius 3 is 2.54 bits per heavy atom. The molecule has 0 fully saturated rings. The molecule has 0 aliphatic carbocycles. The first-order valence-corrected chi connectivity index (χ1v) is 5.13. The van der Waals surface area contributed by atoms with E-state index in [2.05, 4.69) is 19.1 Å². The van der Waals surface area contributed by atoms with Crippen molar-refractivity contribution in [2.24, 2.45) is 0 Å². The minimum Gasteiger partial charge on any atom is -0.0843 e. The van der Waals surface area contributed by atoms with E-state index in [9.17, 15) is 0 Å². The lowest BCUT2D eigenvalue weighted by molar-refractivity contribution is 0.816. The van der Waals surface area contributed by atoms with Crippen molar-refractivity contribution in [1.82, 2.24) is 0 Å².